The van der Waals surface area contributed by atoms with Crippen molar-refractivity contribution in [2.45, 2.75) is 51.6 Å². The quantitative estimate of drug-likeness (QED) is 0.186. The van der Waals surface area contributed by atoms with E-state index < -0.39 is 0 Å². The number of para-hydroxylation sites is 2. The van der Waals surface area contributed by atoms with E-state index in [4.69, 9.17) is 29.2 Å². The molecule has 2 aromatic carbocycles. The molecule has 0 atom stereocenters. The SMILES string of the molecule is CC1(C)CSC(c2cccc(OCCOCCCO)c2O)=N1.CC1(C)CSC(c2cccc(OCCOCCCO)c2O)=N1. The van der Waals surface area contributed by atoms with Gasteiger partial charge in [0, 0.05) is 37.9 Å². The lowest BCUT2D eigenvalue weighted by molar-refractivity contribution is 0.0874. The molecule has 0 unspecified atom stereocenters. The van der Waals surface area contributed by atoms with E-state index in [1.165, 1.54) is 0 Å². The van der Waals surface area contributed by atoms with Crippen LogP contribution in [0.25, 0.3) is 0 Å². The first-order valence-electron chi connectivity index (χ1n) is 14.8. The predicted octanol–water partition coefficient (Wildman–Crippen LogP) is 4.88. The van der Waals surface area contributed by atoms with Crippen molar-refractivity contribution < 1.29 is 39.4 Å². The van der Waals surface area contributed by atoms with Crippen molar-refractivity contribution in [1.82, 2.24) is 0 Å². The Morgan fingerprint density at radius 1 is 0.636 bits per heavy atom. The van der Waals surface area contributed by atoms with Crippen LogP contribution in [0, 0.1) is 0 Å². The lowest BCUT2D eigenvalue weighted by atomic mass is 10.1. The normalized spacial score (nSPS) is 16.6. The van der Waals surface area contributed by atoms with Crippen LogP contribution in [0.3, 0.4) is 0 Å². The number of hydrogen-bond donors (Lipinski definition) is 4. The van der Waals surface area contributed by atoms with Crippen LogP contribution < -0.4 is 9.47 Å². The van der Waals surface area contributed by atoms with Gasteiger partial charge < -0.3 is 39.4 Å². The van der Waals surface area contributed by atoms with Gasteiger partial charge in [-0.15, -0.1) is 23.5 Å². The summed E-state index contributed by atoms with van der Waals surface area (Å²) in [5.74, 6) is 2.95. The van der Waals surface area contributed by atoms with E-state index in [9.17, 15) is 10.2 Å². The van der Waals surface area contributed by atoms with Gasteiger partial charge in [-0.2, -0.15) is 0 Å². The summed E-state index contributed by atoms with van der Waals surface area (Å²) >= 11 is 3.30. The Balaban J connectivity index is 0.000000240. The van der Waals surface area contributed by atoms with Gasteiger partial charge in [-0.1, -0.05) is 12.1 Å². The van der Waals surface area contributed by atoms with Gasteiger partial charge in [-0.25, -0.2) is 0 Å². The molecule has 2 aromatic rings. The molecule has 0 spiro atoms. The monoisotopic (exact) mass is 650 g/mol. The van der Waals surface area contributed by atoms with Crippen molar-refractivity contribution >= 4 is 33.6 Å². The molecule has 0 radical (unpaired) electrons. The van der Waals surface area contributed by atoms with Crippen LogP contribution in [-0.2, 0) is 9.47 Å². The maximum absolute atomic E-state index is 10.4. The Labute approximate surface area is 268 Å². The average molecular weight is 651 g/mol. The van der Waals surface area contributed by atoms with Crippen LogP contribution in [0.1, 0.15) is 51.7 Å². The Kier molecular flexibility index (Phi) is 14.6. The summed E-state index contributed by atoms with van der Waals surface area (Å²) in [6, 6.07) is 10.9. The number of phenols is 2. The number of aliphatic hydroxyl groups excluding tert-OH is 2. The molecule has 44 heavy (non-hydrogen) atoms. The number of nitrogens with zero attached hydrogens (tertiary/aromatic N) is 2. The minimum absolute atomic E-state index is 0.0934. The smallest absolute Gasteiger partial charge is 0.167 e. The highest BCUT2D eigenvalue weighted by molar-refractivity contribution is 8.15. The summed E-state index contributed by atoms with van der Waals surface area (Å²) in [7, 11) is 0. The molecule has 2 heterocycles. The predicted molar refractivity (Wildman–Crippen MR) is 178 cm³/mol. The second-order valence-electron chi connectivity index (χ2n) is 11.4. The molecular weight excluding hydrogens is 604 g/mol. The number of hydrogen-bond acceptors (Lipinski definition) is 12. The lowest BCUT2D eigenvalue weighted by Crippen LogP contribution is -2.15. The van der Waals surface area contributed by atoms with Gasteiger partial charge in [0.05, 0.1) is 35.4 Å². The first kappa shape index (κ1) is 36.0. The summed E-state index contributed by atoms with van der Waals surface area (Å²) in [4.78, 5) is 9.28. The molecule has 0 bridgehead atoms. The summed E-state index contributed by atoms with van der Waals surface area (Å²) in [5, 5.41) is 39.7. The van der Waals surface area contributed by atoms with E-state index in [1.807, 2.05) is 24.3 Å². The van der Waals surface area contributed by atoms with Gasteiger partial charge in [-0.05, 0) is 64.8 Å². The first-order chi connectivity index (χ1) is 21.1. The van der Waals surface area contributed by atoms with Crippen molar-refractivity contribution in [1.29, 1.82) is 0 Å². The average Bonchev–Trinajstić information content (AvgIpc) is 3.54. The maximum atomic E-state index is 10.4. The van der Waals surface area contributed by atoms with Gasteiger partial charge in [-0.3, -0.25) is 9.98 Å². The number of aromatic hydroxyl groups is 2. The molecule has 4 N–H and O–H groups in total. The first-order valence-corrected chi connectivity index (χ1v) is 16.8. The van der Waals surface area contributed by atoms with Crippen LogP contribution in [0.2, 0.25) is 0 Å². The van der Waals surface area contributed by atoms with E-state index in [1.54, 1.807) is 35.7 Å². The Hall–Kier alpha value is -2.48. The zero-order chi connectivity index (χ0) is 32.0. The fourth-order valence-electron chi connectivity index (χ4n) is 4.03. The van der Waals surface area contributed by atoms with Crippen LogP contribution in [0.4, 0.5) is 0 Å². The fraction of sp³-hybridized carbons (Fsp3) is 0.562. The second-order valence-corrected chi connectivity index (χ2v) is 13.3. The highest BCUT2D eigenvalue weighted by atomic mass is 32.2. The van der Waals surface area contributed by atoms with E-state index in [0.29, 0.717) is 75.1 Å². The molecule has 0 aliphatic carbocycles. The third-order valence-electron chi connectivity index (χ3n) is 6.26. The molecule has 244 valence electrons. The minimum atomic E-state index is -0.0934. The number of aliphatic imine (C=N–C) groups is 2. The molecular formula is C32H46N2O8S2. The van der Waals surface area contributed by atoms with Crippen LogP contribution in [-0.4, -0.2) is 106 Å². The van der Waals surface area contributed by atoms with Gasteiger partial charge in [0.1, 0.15) is 23.3 Å². The minimum Gasteiger partial charge on any atom is -0.504 e. The topological polar surface area (TPSA) is 143 Å². The Morgan fingerprint density at radius 3 is 1.39 bits per heavy atom. The highest BCUT2D eigenvalue weighted by Crippen LogP contribution is 2.38. The van der Waals surface area contributed by atoms with Crippen LogP contribution in [0.5, 0.6) is 23.0 Å². The van der Waals surface area contributed by atoms with E-state index in [2.05, 4.69) is 37.7 Å². The number of benzene rings is 2. The van der Waals surface area contributed by atoms with Crippen molar-refractivity contribution in [2.75, 3.05) is 64.4 Å². The molecule has 0 aromatic heterocycles. The fourth-order valence-corrected chi connectivity index (χ4v) is 6.40. The molecule has 10 nitrogen and oxygen atoms in total. The van der Waals surface area contributed by atoms with Gasteiger partial charge in [0.2, 0.25) is 0 Å². The third kappa shape index (κ3) is 11.5. The number of rotatable bonds is 16. The van der Waals surface area contributed by atoms with Crippen molar-refractivity contribution in [3.8, 4) is 23.0 Å². The summed E-state index contributed by atoms with van der Waals surface area (Å²) in [6.45, 7) is 11.1. The molecule has 0 saturated heterocycles. The summed E-state index contributed by atoms with van der Waals surface area (Å²) < 4.78 is 21.7. The Morgan fingerprint density at radius 2 is 1.05 bits per heavy atom. The molecule has 2 aliphatic rings. The van der Waals surface area contributed by atoms with Crippen molar-refractivity contribution in [3.63, 3.8) is 0 Å². The van der Waals surface area contributed by atoms with E-state index >= 15 is 0 Å². The van der Waals surface area contributed by atoms with Gasteiger partial charge in [0.15, 0.2) is 23.0 Å². The molecule has 0 fully saturated rings. The number of aliphatic hydroxyl groups is 2. The molecule has 0 amide bonds. The van der Waals surface area contributed by atoms with Crippen molar-refractivity contribution in [3.05, 3.63) is 47.5 Å². The molecule has 2 aliphatic heterocycles. The number of thioether (sulfide) groups is 2. The lowest BCUT2D eigenvalue weighted by Gasteiger charge is -2.11. The highest BCUT2D eigenvalue weighted by Gasteiger charge is 2.29. The largest absolute Gasteiger partial charge is 0.504 e. The molecule has 12 heteroatoms. The van der Waals surface area contributed by atoms with Crippen molar-refractivity contribution in [2.24, 2.45) is 9.98 Å². The standard InChI is InChI=1S/2C16H23NO4S/c2*1-16(2)11-22-15(17-16)12-5-3-6-13(14(12)19)21-10-9-20-8-4-7-18/h2*3,5-6,18-19H,4,7-11H2,1-2H3. The van der Waals surface area contributed by atoms with Crippen LogP contribution >= 0.6 is 23.5 Å². The van der Waals surface area contributed by atoms with Crippen LogP contribution in [0.15, 0.2) is 46.4 Å². The Bertz CT molecular complexity index is 1160. The second kappa shape index (κ2) is 17.9. The van der Waals surface area contributed by atoms with Gasteiger partial charge in [0.25, 0.3) is 0 Å². The molecule has 4 rings (SSSR count). The van der Waals surface area contributed by atoms with E-state index in [0.717, 1.165) is 21.6 Å². The third-order valence-corrected chi connectivity index (χ3v) is 9.13. The molecule has 0 saturated carbocycles. The number of ether oxygens (including phenoxy) is 4. The van der Waals surface area contributed by atoms with E-state index in [-0.39, 0.29) is 35.8 Å². The number of phenolic OH excluding ortho intramolecular Hbond substituents is 2. The summed E-state index contributed by atoms with van der Waals surface area (Å²) in [6.07, 6.45) is 1.24. The van der Waals surface area contributed by atoms with Gasteiger partial charge >= 0.3 is 0 Å². The zero-order valence-corrected chi connectivity index (χ0v) is 27.7. The summed E-state index contributed by atoms with van der Waals surface area (Å²) in [5.41, 5.74) is 1.25. The zero-order valence-electron chi connectivity index (χ0n) is 26.1. The maximum Gasteiger partial charge on any atom is 0.167 e.